The maximum atomic E-state index is 13.4. The van der Waals surface area contributed by atoms with Gasteiger partial charge in [-0.2, -0.15) is 0 Å². The Morgan fingerprint density at radius 3 is 2.09 bits per heavy atom. The first-order valence-corrected chi connectivity index (χ1v) is 11.0. The molecule has 3 aromatic rings. The lowest BCUT2D eigenvalue weighted by Gasteiger charge is -2.35. The van der Waals surface area contributed by atoms with Gasteiger partial charge in [0.05, 0.1) is 28.7 Å². The van der Waals surface area contributed by atoms with Crippen molar-refractivity contribution in [3.05, 3.63) is 124 Å². The number of fused-ring (bicyclic) bond motifs is 7. The third-order valence-corrected chi connectivity index (χ3v) is 6.97. The van der Waals surface area contributed by atoms with Crippen LogP contribution in [0.15, 0.2) is 95.5 Å². The second kappa shape index (κ2) is 6.45. The van der Waals surface area contributed by atoms with Crippen LogP contribution in [0.2, 0.25) is 0 Å². The first-order chi connectivity index (χ1) is 16.5. The highest BCUT2D eigenvalue weighted by Gasteiger charge is 2.39. The van der Waals surface area contributed by atoms with Crippen molar-refractivity contribution < 1.29 is 14.4 Å². The molecule has 5 nitrogen and oxygen atoms in total. The highest BCUT2D eigenvalue weighted by Crippen LogP contribution is 2.45. The molecule has 0 radical (unpaired) electrons. The number of allylic oxidation sites excluding steroid dienone is 2. The van der Waals surface area contributed by atoms with E-state index in [0.717, 1.165) is 16.7 Å². The SMILES string of the molecule is C=C1C2=C(C=CC3=Nc4c(ccc5c4C(=O)c4ccccc4C5=O)NC32)C(=O)c2ccccc21. The van der Waals surface area contributed by atoms with Gasteiger partial charge in [-0.1, -0.05) is 55.1 Å². The smallest absolute Gasteiger partial charge is 0.196 e. The lowest BCUT2D eigenvalue weighted by Crippen LogP contribution is -2.38. The topological polar surface area (TPSA) is 75.6 Å². The Kier molecular flexibility index (Phi) is 3.58. The number of anilines is 1. The molecule has 4 aliphatic rings. The zero-order chi connectivity index (χ0) is 23.1. The first kappa shape index (κ1) is 18.9. The summed E-state index contributed by atoms with van der Waals surface area (Å²) in [4.78, 5) is 44.6. The van der Waals surface area contributed by atoms with Gasteiger partial charge in [0.2, 0.25) is 0 Å². The van der Waals surface area contributed by atoms with Crippen molar-refractivity contribution in [3.63, 3.8) is 0 Å². The summed E-state index contributed by atoms with van der Waals surface area (Å²) >= 11 is 0. The maximum absolute atomic E-state index is 13.4. The summed E-state index contributed by atoms with van der Waals surface area (Å²) in [5.74, 6) is -0.427. The molecule has 3 aromatic carbocycles. The van der Waals surface area contributed by atoms with E-state index in [1.165, 1.54) is 0 Å². The predicted molar refractivity (Wildman–Crippen MR) is 130 cm³/mol. The van der Waals surface area contributed by atoms with Crippen molar-refractivity contribution in [2.24, 2.45) is 4.99 Å². The van der Waals surface area contributed by atoms with Crippen LogP contribution >= 0.6 is 0 Å². The van der Waals surface area contributed by atoms with Gasteiger partial charge in [-0.15, -0.1) is 0 Å². The number of nitrogens with one attached hydrogen (secondary N) is 1. The van der Waals surface area contributed by atoms with Gasteiger partial charge < -0.3 is 5.32 Å². The molecular weight excluding hydrogens is 424 g/mol. The minimum atomic E-state index is -0.378. The molecule has 3 aliphatic carbocycles. The van der Waals surface area contributed by atoms with Crippen molar-refractivity contribution in [1.82, 2.24) is 0 Å². The first-order valence-electron chi connectivity index (χ1n) is 11.0. The highest BCUT2D eigenvalue weighted by molar-refractivity contribution is 6.31. The predicted octanol–water partition coefficient (Wildman–Crippen LogP) is 5.10. The number of Topliss-reactive ketones (excluding diaryl/α,β-unsaturated/α-hetero) is 1. The largest absolute Gasteiger partial charge is 0.371 e. The summed E-state index contributed by atoms with van der Waals surface area (Å²) < 4.78 is 0. The van der Waals surface area contributed by atoms with Crippen LogP contribution in [0, 0.1) is 0 Å². The molecule has 0 fully saturated rings. The quantitative estimate of drug-likeness (QED) is 0.413. The van der Waals surface area contributed by atoms with E-state index in [1.807, 2.05) is 24.3 Å². The minimum absolute atomic E-state index is 0.0382. The number of benzene rings is 3. The van der Waals surface area contributed by atoms with E-state index < -0.39 is 0 Å². The summed E-state index contributed by atoms with van der Waals surface area (Å²) in [6.07, 6.45) is 3.58. The second-order valence-electron chi connectivity index (χ2n) is 8.72. The van der Waals surface area contributed by atoms with Crippen LogP contribution < -0.4 is 5.32 Å². The molecule has 1 unspecified atom stereocenters. The van der Waals surface area contributed by atoms with E-state index in [2.05, 4.69) is 11.9 Å². The Morgan fingerprint density at radius 1 is 0.706 bits per heavy atom. The maximum Gasteiger partial charge on any atom is 0.196 e. The number of aliphatic imine (C=N–C) groups is 1. The van der Waals surface area contributed by atoms with Gasteiger partial charge in [0, 0.05) is 27.8 Å². The van der Waals surface area contributed by atoms with Gasteiger partial charge in [0.1, 0.15) is 0 Å². The summed E-state index contributed by atoms with van der Waals surface area (Å²) in [6, 6.07) is 17.4. The van der Waals surface area contributed by atoms with Gasteiger partial charge in [0.25, 0.3) is 0 Å². The number of carbonyl (C=O) groups excluding carboxylic acids is 3. The van der Waals surface area contributed by atoms with E-state index in [1.54, 1.807) is 48.6 Å². The van der Waals surface area contributed by atoms with Crippen molar-refractivity contribution in [1.29, 1.82) is 0 Å². The zero-order valence-electron chi connectivity index (χ0n) is 17.9. The van der Waals surface area contributed by atoms with Gasteiger partial charge in [-0.3, -0.25) is 14.4 Å². The Morgan fingerprint density at radius 2 is 1.35 bits per heavy atom. The molecule has 34 heavy (non-hydrogen) atoms. The van der Waals surface area contributed by atoms with E-state index in [0.29, 0.717) is 50.5 Å². The van der Waals surface area contributed by atoms with E-state index in [4.69, 9.17) is 4.99 Å². The fraction of sp³-hybridized carbons (Fsp3) is 0.0345. The molecule has 7 rings (SSSR count). The molecule has 1 atom stereocenters. The molecule has 160 valence electrons. The van der Waals surface area contributed by atoms with Crippen molar-refractivity contribution in [3.8, 4) is 0 Å². The molecule has 5 heteroatoms. The highest BCUT2D eigenvalue weighted by atomic mass is 16.1. The molecular formula is C29H16N2O3. The van der Waals surface area contributed by atoms with E-state index in [9.17, 15) is 14.4 Å². The Labute approximate surface area is 194 Å². The van der Waals surface area contributed by atoms with Gasteiger partial charge in [-0.05, 0) is 41.0 Å². The molecule has 0 aromatic heterocycles. The average Bonchev–Trinajstić information content (AvgIpc) is 2.88. The summed E-state index contributed by atoms with van der Waals surface area (Å²) in [5, 5.41) is 3.47. The fourth-order valence-electron chi connectivity index (χ4n) is 5.36. The third kappa shape index (κ3) is 2.28. The van der Waals surface area contributed by atoms with Crippen LogP contribution in [-0.2, 0) is 0 Å². The van der Waals surface area contributed by atoms with Gasteiger partial charge in [0.15, 0.2) is 17.3 Å². The fourth-order valence-corrected chi connectivity index (χ4v) is 5.36. The number of hydrogen-bond donors (Lipinski definition) is 1. The zero-order valence-corrected chi connectivity index (χ0v) is 17.9. The molecule has 0 saturated carbocycles. The Balaban J connectivity index is 1.39. The standard InChI is InChI=1S/C29H16N2O3/c1-14-15-6-2-3-7-16(15)27(32)19-10-12-21-25(23(14)19)30-22-13-11-20-24(26(22)31-21)29(34)18-9-5-4-8-17(18)28(20)33/h2-13,25,30H,1H2. The molecule has 0 spiro atoms. The minimum Gasteiger partial charge on any atom is -0.371 e. The van der Waals surface area contributed by atoms with Crippen LogP contribution in [0.3, 0.4) is 0 Å². The van der Waals surface area contributed by atoms with Gasteiger partial charge in [-0.25, -0.2) is 4.99 Å². The van der Waals surface area contributed by atoms with Crippen LogP contribution in [-0.4, -0.2) is 29.1 Å². The number of rotatable bonds is 0. The second-order valence-corrected chi connectivity index (χ2v) is 8.72. The normalized spacial score (nSPS) is 19.3. The van der Waals surface area contributed by atoms with Crippen LogP contribution in [0.1, 0.15) is 47.8 Å². The summed E-state index contributed by atoms with van der Waals surface area (Å²) in [6.45, 7) is 4.30. The Bertz CT molecular complexity index is 1650. The van der Waals surface area contributed by atoms with Crippen molar-refractivity contribution in [2.45, 2.75) is 6.04 Å². The molecule has 1 N–H and O–H groups in total. The van der Waals surface area contributed by atoms with Crippen LogP contribution in [0.4, 0.5) is 11.4 Å². The number of hydrogen-bond acceptors (Lipinski definition) is 5. The molecule has 0 bridgehead atoms. The molecule has 0 saturated heterocycles. The summed E-state index contributed by atoms with van der Waals surface area (Å²) in [7, 11) is 0. The summed E-state index contributed by atoms with van der Waals surface area (Å²) in [5.41, 5.74) is 6.89. The number of nitrogens with zero attached hydrogens (tertiary/aromatic N) is 1. The molecule has 1 aliphatic heterocycles. The van der Waals surface area contributed by atoms with Gasteiger partial charge >= 0.3 is 0 Å². The average molecular weight is 440 g/mol. The number of ketones is 3. The van der Waals surface area contributed by atoms with Crippen molar-refractivity contribution >= 4 is 40.0 Å². The van der Waals surface area contributed by atoms with E-state index in [-0.39, 0.29) is 23.4 Å². The van der Waals surface area contributed by atoms with Crippen LogP contribution in [0.25, 0.3) is 5.57 Å². The lowest BCUT2D eigenvalue weighted by atomic mass is 9.75. The molecule has 0 amide bonds. The van der Waals surface area contributed by atoms with E-state index >= 15 is 0 Å². The third-order valence-electron chi connectivity index (χ3n) is 6.97. The number of carbonyl (C=O) groups is 3. The monoisotopic (exact) mass is 440 g/mol. The van der Waals surface area contributed by atoms with Crippen molar-refractivity contribution in [2.75, 3.05) is 5.32 Å². The lowest BCUT2D eigenvalue weighted by molar-refractivity contribution is 0.0979. The van der Waals surface area contributed by atoms with Crippen LogP contribution in [0.5, 0.6) is 0 Å². The molecule has 1 heterocycles. The Hall–Kier alpha value is -4.64.